The molecule has 2 fully saturated rings. The monoisotopic (exact) mass is 424 g/mol. The van der Waals surface area contributed by atoms with Crippen LogP contribution in [-0.4, -0.2) is 33.0 Å². The van der Waals surface area contributed by atoms with Gasteiger partial charge in [0.05, 0.1) is 19.3 Å². The van der Waals surface area contributed by atoms with Crippen molar-refractivity contribution < 1.29 is 14.2 Å². The molecule has 168 valence electrons. The molecule has 0 aliphatic heterocycles. The number of nitrogens with one attached hydrogen (secondary N) is 2. The fraction of sp³-hybridized carbons (Fsp3) is 0.538. The minimum absolute atomic E-state index is 0.000966. The molecular weight excluding hydrogens is 388 g/mol. The second-order valence-electron chi connectivity index (χ2n) is 8.71. The van der Waals surface area contributed by atoms with E-state index in [-0.39, 0.29) is 6.04 Å². The van der Waals surface area contributed by atoms with Gasteiger partial charge in [-0.1, -0.05) is 24.3 Å². The summed E-state index contributed by atoms with van der Waals surface area (Å²) in [5, 5.41) is 0. The van der Waals surface area contributed by atoms with Gasteiger partial charge < -0.3 is 14.2 Å². The predicted molar refractivity (Wildman–Crippen MR) is 123 cm³/mol. The van der Waals surface area contributed by atoms with Crippen LogP contribution in [0.5, 0.6) is 11.5 Å². The van der Waals surface area contributed by atoms with Gasteiger partial charge in [-0.2, -0.15) is 0 Å². The van der Waals surface area contributed by atoms with Crippen LogP contribution in [0.2, 0.25) is 0 Å². The molecule has 0 radical (unpaired) electrons. The minimum Gasteiger partial charge on any atom is -0.493 e. The number of hydrazine groups is 1. The maximum atomic E-state index is 6.03. The molecule has 2 saturated carbocycles. The van der Waals surface area contributed by atoms with Crippen molar-refractivity contribution in [1.82, 2.24) is 10.9 Å². The van der Waals surface area contributed by atoms with Gasteiger partial charge in [-0.25, -0.2) is 5.43 Å². The molecule has 0 bridgehead atoms. The zero-order chi connectivity index (χ0) is 21.3. The zero-order valence-electron chi connectivity index (χ0n) is 18.6. The van der Waals surface area contributed by atoms with E-state index in [0.717, 1.165) is 62.7 Å². The predicted octanol–water partition coefficient (Wildman–Crippen LogP) is 4.87. The summed E-state index contributed by atoms with van der Waals surface area (Å²) in [4.78, 5) is 0. The van der Waals surface area contributed by atoms with Gasteiger partial charge in [0.1, 0.15) is 11.5 Å². The molecule has 0 atom stereocenters. The Labute approximate surface area is 186 Å². The molecule has 2 aromatic rings. The van der Waals surface area contributed by atoms with Crippen molar-refractivity contribution in [2.45, 2.75) is 45.1 Å². The molecule has 0 saturated heterocycles. The topological polar surface area (TPSA) is 51.8 Å². The third-order valence-corrected chi connectivity index (χ3v) is 5.79. The van der Waals surface area contributed by atoms with Gasteiger partial charge in [-0.3, -0.25) is 5.43 Å². The second kappa shape index (κ2) is 11.5. The van der Waals surface area contributed by atoms with Crippen molar-refractivity contribution in [3.05, 3.63) is 59.7 Å². The van der Waals surface area contributed by atoms with Gasteiger partial charge in [0.25, 0.3) is 0 Å². The van der Waals surface area contributed by atoms with E-state index in [9.17, 15) is 0 Å². The SMILES string of the molecule is CCOCCCNNC(c1cccc(OCC2CC2)c1)c1cccc(OCC2CC2)c1. The molecule has 2 aliphatic carbocycles. The summed E-state index contributed by atoms with van der Waals surface area (Å²) in [6.07, 6.45) is 6.14. The van der Waals surface area contributed by atoms with E-state index in [1.54, 1.807) is 0 Å². The van der Waals surface area contributed by atoms with Crippen LogP contribution in [0, 0.1) is 11.8 Å². The van der Waals surface area contributed by atoms with Crippen molar-refractivity contribution in [3.8, 4) is 11.5 Å². The van der Waals surface area contributed by atoms with Crippen LogP contribution < -0.4 is 20.3 Å². The number of benzene rings is 2. The third-order valence-electron chi connectivity index (χ3n) is 5.79. The molecule has 0 heterocycles. The average Bonchev–Trinajstić information content (AvgIpc) is 3.71. The molecule has 2 aliphatic rings. The van der Waals surface area contributed by atoms with E-state index in [4.69, 9.17) is 14.2 Å². The van der Waals surface area contributed by atoms with Crippen LogP contribution in [0.1, 0.15) is 56.2 Å². The first kappa shape index (κ1) is 22.1. The van der Waals surface area contributed by atoms with Crippen LogP contribution in [-0.2, 0) is 4.74 Å². The highest BCUT2D eigenvalue weighted by molar-refractivity contribution is 5.39. The van der Waals surface area contributed by atoms with Gasteiger partial charge in [0.2, 0.25) is 0 Å². The molecule has 0 spiro atoms. The Kier molecular flexibility index (Phi) is 8.22. The lowest BCUT2D eigenvalue weighted by molar-refractivity contribution is 0.143. The van der Waals surface area contributed by atoms with Gasteiger partial charge in [0.15, 0.2) is 0 Å². The maximum absolute atomic E-state index is 6.03. The maximum Gasteiger partial charge on any atom is 0.119 e. The lowest BCUT2D eigenvalue weighted by atomic mass is 9.99. The van der Waals surface area contributed by atoms with Crippen molar-refractivity contribution in [2.75, 3.05) is 33.0 Å². The molecular formula is C26H36N2O3. The first-order valence-corrected chi connectivity index (χ1v) is 11.8. The van der Waals surface area contributed by atoms with Crippen molar-refractivity contribution in [2.24, 2.45) is 11.8 Å². The molecule has 4 rings (SSSR count). The molecule has 0 unspecified atom stereocenters. The lowest BCUT2D eigenvalue weighted by Crippen LogP contribution is -2.37. The van der Waals surface area contributed by atoms with Crippen LogP contribution in [0.25, 0.3) is 0 Å². The molecule has 2 N–H and O–H groups in total. The Hall–Kier alpha value is -2.08. The number of hydrogen-bond acceptors (Lipinski definition) is 5. The molecule has 31 heavy (non-hydrogen) atoms. The van der Waals surface area contributed by atoms with E-state index < -0.39 is 0 Å². The quantitative estimate of drug-likeness (QED) is 0.315. The molecule has 5 heteroatoms. The summed E-state index contributed by atoms with van der Waals surface area (Å²) in [5.74, 6) is 3.36. The van der Waals surface area contributed by atoms with E-state index >= 15 is 0 Å². The first-order valence-electron chi connectivity index (χ1n) is 11.8. The van der Waals surface area contributed by atoms with Crippen LogP contribution in [0.15, 0.2) is 48.5 Å². The zero-order valence-corrected chi connectivity index (χ0v) is 18.6. The number of hydrogen-bond donors (Lipinski definition) is 2. The Morgan fingerprint density at radius 2 is 1.45 bits per heavy atom. The minimum atomic E-state index is 0.000966. The first-order chi connectivity index (χ1) is 15.3. The smallest absolute Gasteiger partial charge is 0.119 e. The van der Waals surface area contributed by atoms with Crippen molar-refractivity contribution >= 4 is 0 Å². The molecule has 0 amide bonds. The van der Waals surface area contributed by atoms with Gasteiger partial charge in [0, 0.05) is 19.8 Å². The fourth-order valence-corrected chi connectivity index (χ4v) is 3.51. The van der Waals surface area contributed by atoms with Gasteiger partial charge in [-0.05, 0) is 86.3 Å². The highest BCUT2D eigenvalue weighted by Gasteiger charge is 2.23. The number of rotatable bonds is 15. The standard InChI is InChI=1S/C26H36N2O3/c1-2-29-15-5-14-27-28-26(22-6-3-8-24(16-22)30-18-20-10-11-20)23-7-4-9-25(17-23)31-19-21-12-13-21/h3-4,6-9,16-17,20-21,26-28H,2,5,10-15,18-19H2,1H3. The summed E-state index contributed by atoms with van der Waals surface area (Å²) in [6.45, 7) is 6.04. The Bertz CT molecular complexity index is 745. The van der Waals surface area contributed by atoms with E-state index in [2.05, 4.69) is 47.2 Å². The van der Waals surface area contributed by atoms with Gasteiger partial charge >= 0.3 is 0 Å². The van der Waals surface area contributed by atoms with Crippen molar-refractivity contribution in [1.29, 1.82) is 0 Å². The Balaban J connectivity index is 1.44. The molecule has 0 aromatic heterocycles. The lowest BCUT2D eigenvalue weighted by Gasteiger charge is -2.22. The summed E-state index contributed by atoms with van der Waals surface area (Å²) in [6, 6.07) is 16.9. The van der Waals surface area contributed by atoms with E-state index in [0.29, 0.717) is 0 Å². The van der Waals surface area contributed by atoms with Crippen LogP contribution in [0.3, 0.4) is 0 Å². The average molecular weight is 425 g/mol. The molecule has 5 nitrogen and oxygen atoms in total. The fourth-order valence-electron chi connectivity index (χ4n) is 3.51. The van der Waals surface area contributed by atoms with E-state index in [1.807, 2.05) is 19.1 Å². The Morgan fingerprint density at radius 1 is 0.871 bits per heavy atom. The number of ether oxygens (including phenoxy) is 3. The summed E-state index contributed by atoms with van der Waals surface area (Å²) in [5.41, 5.74) is 9.25. The van der Waals surface area contributed by atoms with Crippen LogP contribution >= 0.6 is 0 Å². The highest BCUT2D eigenvalue weighted by atomic mass is 16.5. The largest absolute Gasteiger partial charge is 0.493 e. The summed E-state index contributed by atoms with van der Waals surface area (Å²) >= 11 is 0. The van der Waals surface area contributed by atoms with Crippen molar-refractivity contribution in [3.63, 3.8) is 0 Å². The summed E-state index contributed by atoms with van der Waals surface area (Å²) in [7, 11) is 0. The third kappa shape index (κ3) is 7.53. The normalized spacial score (nSPS) is 15.9. The highest BCUT2D eigenvalue weighted by Crippen LogP contribution is 2.32. The van der Waals surface area contributed by atoms with Crippen LogP contribution in [0.4, 0.5) is 0 Å². The van der Waals surface area contributed by atoms with Gasteiger partial charge in [-0.15, -0.1) is 0 Å². The summed E-state index contributed by atoms with van der Waals surface area (Å²) < 4.78 is 17.5. The second-order valence-corrected chi connectivity index (χ2v) is 8.71. The Morgan fingerprint density at radius 3 is 1.97 bits per heavy atom. The molecule has 2 aromatic carbocycles. The van der Waals surface area contributed by atoms with E-state index in [1.165, 1.54) is 36.8 Å².